The average molecular weight is 280 g/mol. The average Bonchev–Trinajstić information content (AvgIpc) is 2.87. The molecule has 0 radical (unpaired) electrons. The van der Waals surface area contributed by atoms with Crippen LogP contribution in [0.2, 0.25) is 0 Å². The number of hydrogen-bond donors (Lipinski definition) is 0. The Hall–Kier alpha value is -2.42. The molecule has 0 unspecified atom stereocenters. The summed E-state index contributed by atoms with van der Waals surface area (Å²) in [7, 11) is 0. The summed E-state index contributed by atoms with van der Waals surface area (Å²) in [4.78, 5) is 0. The highest BCUT2D eigenvalue weighted by molar-refractivity contribution is 5.63. The topological polar surface area (TPSA) is 17.8 Å². The standard InChI is InChI=1S/C18H17FN2/c1-12-7-13(2)18(14(3)8-12)21-11-16(10-20-21)15-5-4-6-17(19)9-15/h4-11H,1-3H3. The molecule has 0 bridgehead atoms. The van der Waals surface area contributed by atoms with Crippen molar-refractivity contribution in [1.82, 2.24) is 9.78 Å². The fraction of sp³-hybridized carbons (Fsp3) is 0.167. The van der Waals surface area contributed by atoms with E-state index >= 15 is 0 Å². The van der Waals surface area contributed by atoms with Crippen molar-refractivity contribution < 1.29 is 4.39 Å². The second kappa shape index (κ2) is 5.17. The number of nitrogens with zero attached hydrogens (tertiary/aromatic N) is 2. The Balaban J connectivity index is 2.07. The zero-order valence-corrected chi connectivity index (χ0v) is 12.4. The highest BCUT2D eigenvalue weighted by Crippen LogP contribution is 2.24. The van der Waals surface area contributed by atoms with Crippen LogP contribution in [0.15, 0.2) is 48.8 Å². The van der Waals surface area contributed by atoms with Gasteiger partial charge in [-0.05, 0) is 49.6 Å². The SMILES string of the molecule is Cc1cc(C)c(-n2cc(-c3cccc(F)c3)cn2)c(C)c1. The van der Waals surface area contributed by atoms with E-state index in [-0.39, 0.29) is 5.82 Å². The van der Waals surface area contributed by atoms with Crippen molar-refractivity contribution in [3.8, 4) is 16.8 Å². The Kier molecular flexibility index (Phi) is 3.34. The first-order chi connectivity index (χ1) is 10.0. The van der Waals surface area contributed by atoms with E-state index in [1.54, 1.807) is 12.3 Å². The molecule has 3 heteroatoms. The smallest absolute Gasteiger partial charge is 0.123 e. The monoisotopic (exact) mass is 280 g/mol. The Labute approximate surface area is 123 Å². The van der Waals surface area contributed by atoms with Gasteiger partial charge < -0.3 is 0 Å². The second-order valence-corrected chi connectivity index (χ2v) is 5.43. The summed E-state index contributed by atoms with van der Waals surface area (Å²) < 4.78 is 15.2. The molecule has 0 amide bonds. The van der Waals surface area contributed by atoms with Crippen LogP contribution in [0.5, 0.6) is 0 Å². The Bertz CT molecular complexity index is 779. The molecule has 1 aromatic heterocycles. The zero-order chi connectivity index (χ0) is 15.0. The fourth-order valence-electron chi connectivity index (χ4n) is 2.80. The minimum atomic E-state index is -0.233. The molecule has 1 heterocycles. The van der Waals surface area contributed by atoms with Gasteiger partial charge in [0, 0.05) is 11.8 Å². The lowest BCUT2D eigenvalue weighted by Gasteiger charge is -2.11. The molecule has 2 aromatic carbocycles. The summed E-state index contributed by atoms with van der Waals surface area (Å²) in [5.74, 6) is -0.233. The molecular weight excluding hydrogens is 263 g/mol. The summed E-state index contributed by atoms with van der Waals surface area (Å²) in [6.07, 6.45) is 3.72. The lowest BCUT2D eigenvalue weighted by Crippen LogP contribution is -2.01. The van der Waals surface area contributed by atoms with E-state index in [9.17, 15) is 4.39 Å². The molecule has 0 atom stereocenters. The lowest BCUT2D eigenvalue weighted by molar-refractivity contribution is 0.628. The summed E-state index contributed by atoms with van der Waals surface area (Å²) in [6.45, 7) is 6.25. The van der Waals surface area contributed by atoms with Crippen molar-refractivity contribution in [2.24, 2.45) is 0 Å². The van der Waals surface area contributed by atoms with Gasteiger partial charge in [0.1, 0.15) is 5.82 Å². The van der Waals surface area contributed by atoms with E-state index in [0.29, 0.717) is 0 Å². The van der Waals surface area contributed by atoms with Crippen LogP contribution in [-0.4, -0.2) is 9.78 Å². The molecule has 0 saturated heterocycles. The molecule has 21 heavy (non-hydrogen) atoms. The maximum atomic E-state index is 13.3. The van der Waals surface area contributed by atoms with Gasteiger partial charge in [0.25, 0.3) is 0 Å². The molecule has 0 saturated carbocycles. The predicted molar refractivity (Wildman–Crippen MR) is 83.2 cm³/mol. The summed E-state index contributed by atoms with van der Waals surface area (Å²) in [5.41, 5.74) is 6.44. The van der Waals surface area contributed by atoms with Crippen molar-refractivity contribution in [3.05, 3.63) is 71.3 Å². The largest absolute Gasteiger partial charge is 0.240 e. The summed E-state index contributed by atoms with van der Waals surface area (Å²) >= 11 is 0. The van der Waals surface area contributed by atoms with Crippen LogP contribution in [-0.2, 0) is 0 Å². The number of aromatic nitrogens is 2. The third kappa shape index (κ3) is 2.59. The molecule has 0 aliphatic rings. The maximum absolute atomic E-state index is 13.3. The molecule has 3 aromatic rings. The Morgan fingerprint density at radius 1 is 0.952 bits per heavy atom. The minimum Gasteiger partial charge on any atom is -0.240 e. The number of aryl methyl sites for hydroxylation is 3. The van der Waals surface area contributed by atoms with Gasteiger partial charge in [0.2, 0.25) is 0 Å². The molecule has 2 nitrogen and oxygen atoms in total. The van der Waals surface area contributed by atoms with Crippen molar-refractivity contribution in [3.63, 3.8) is 0 Å². The third-order valence-electron chi connectivity index (χ3n) is 3.61. The highest BCUT2D eigenvalue weighted by Gasteiger charge is 2.09. The van der Waals surface area contributed by atoms with Gasteiger partial charge in [-0.25, -0.2) is 9.07 Å². The van der Waals surface area contributed by atoms with Crippen molar-refractivity contribution in [1.29, 1.82) is 0 Å². The van der Waals surface area contributed by atoms with Crippen LogP contribution in [0.3, 0.4) is 0 Å². The molecule has 0 aliphatic heterocycles. The minimum absolute atomic E-state index is 0.233. The zero-order valence-electron chi connectivity index (χ0n) is 12.4. The first-order valence-corrected chi connectivity index (χ1v) is 6.93. The Morgan fingerprint density at radius 3 is 2.33 bits per heavy atom. The van der Waals surface area contributed by atoms with Gasteiger partial charge in [-0.3, -0.25) is 0 Å². The van der Waals surface area contributed by atoms with Gasteiger partial charge in [0.05, 0.1) is 11.9 Å². The summed E-state index contributed by atoms with van der Waals surface area (Å²) in [6, 6.07) is 10.9. The van der Waals surface area contributed by atoms with Crippen molar-refractivity contribution in [2.45, 2.75) is 20.8 Å². The van der Waals surface area contributed by atoms with E-state index in [0.717, 1.165) is 16.8 Å². The number of hydrogen-bond acceptors (Lipinski definition) is 1. The Morgan fingerprint density at radius 2 is 1.67 bits per heavy atom. The summed E-state index contributed by atoms with van der Waals surface area (Å²) in [5, 5.41) is 4.44. The molecule has 0 spiro atoms. The lowest BCUT2D eigenvalue weighted by atomic mass is 10.1. The van der Waals surface area contributed by atoms with E-state index in [2.05, 4.69) is 38.0 Å². The van der Waals surface area contributed by atoms with Crippen LogP contribution in [0.4, 0.5) is 4.39 Å². The van der Waals surface area contributed by atoms with E-state index in [4.69, 9.17) is 0 Å². The van der Waals surface area contributed by atoms with Gasteiger partial charge in [-0.2, -0.15) is 5.10 Å². The van der Waals surface area contributed by atoms with Crippen molar-refractivity contribution in [2.75, 3.05) is 0 Å². The molecule has 0 N–H and O–H groups in total. The quantitative estimate of drug-likeness (QED) is 0.670. The first-order valence-electron chi connectivity index (χ1n) is 6.93. The van der Waals surface area contributed by atoms with Gasteiger partial charge >= 0.3 is 0 Å². The van der Waals surface area contributed by atoms with Crippen LogP contribution < -0.4 is 0 Å². The number of benzene rings is 2. The van der Waals surface area contributed by atoms with E-state index in [1.807, 2.05) is 16.9 Å². The first kappa shape index (κ1) is 13.6. The predicted octanol–water partition coefficient (Wildman–Crippen LogP) is 4.60. The number of halogens is 1. The molecular formula is C18H17FN2. The highest BCUT2D eigenvalue weighted by atomic mass is 19.1. The van der Waals surface area contributed by atoms with Crippen LogP contribution in [0.25, 0.3) is 16.8 Å². The molecule has 106 valence electrons. The van der Waals surface area contributed by atoms with Crippen LogP contribution >= 0.6 is 0 Å². The van der Waals surface area contributed by atoms with Gasteiger partial charge in [-0.15, -0.1) is 0 Å². The maximum Gasteiger partial charge on any atom is 0.123 e. The van der Waals surface area contributed by atoms with Gasteiger partial charge in [0.15, 0.2) is 0 Å². The molecule has 0 fully saturated rings. The second-order valence-electron chi connectivity index (χ2n) is 5.43. The fourth-order valence-corrected chi connectivity index (χ4v) is 2.80. The third-order valence-corrected chi connectivity index (χ3v) is 3.61. The number of rotatable bonds is 2. The molecule has 3 rings (SSSR count). The van der Waals surface area contributed by atoms with E-state index < -0.39 is 0 Å². The molecule has 0 aliphatic carbocycles. The normalized spacial score (nSPS) is 10.9. The van der Waals surface area contributed by atoms with Crippen molar-refractivity contribution >= 4 is 0 Å². The van der Waals surface area contributed by atoms with Crippen LogP contribution in [0.1, 0.15) is 16.7 Å². The van der Waals surface area contributed by atoms with E-state index in [1.165, 1.54) is 28.8 Å². The van der Waals surface area contributed by atoms with Gasteiger partial charge in [-0.1, -0.05) is 29.8 Å². The van der Waals surface area contributed by atoms with Crippen LogP contribution in [0, 0.1) is 26.6 Å².